The molecule has 4 rings (SSSR count). The third-order valence-corrected chi connectivity index (χ3v) is 6.01. The molecule has 2 aromatic heterocycles. The molecular formula is C24H21ClFN3OS. The molecule has 0 unspecified atom stereocenters. The molecule has 2 aromatic carbocycles. The van der Waals surface area contributed by atoms with Crippen LogP contribution in [-0.2, 0) is 11.4 Å². The molecular weight excluding hydrogens is 433 g/mol. The maximum absolute atomic E-state index is 13.1. The van der Waals surface area contributed by atoms with E-state index in [9.17, 15) is 4.39 Å². The molecule has 2 heterocycles. The summed E-state index contributed by atoms with van der Waals surface area (Å²) in [6.07, 6.45) is 2.00. The second kappa shape index (κ2) is 9.54. The second-order valence-corrected chi connectivity index (χ2v) is 8.64. The van der Waals surface area contributed by atoms with E-state index in [1.54, 1.807) is 23.9 Å². The van der Waals surface area contributed by atoms with E-state index in [4.69, 9.17) is 21.4 Å². The Hall–Kier alpha value is -2.83. The Labute approximate surface area is 189 Å². The van der Waals surface area contributed by atoms with Gasteiger partial charge >= 0.3 is 0 Å². The van der Waals surface area contributed by atoms with E-state index in [0.717, 1.165) is 38.8 Å². The van der Waals surface area contributed by atoms with Crippen LogP contribution in [-0.4, -0.2) is 20.8 Å². The van der Waals surface area contributed by atoms with Crippen LogP contribution in [0.1, 0.15) is 22.5 Å². The number of aryl methyl sites for hydroxylation is 2. The highest BCUT2D eigenvalue weighted by Gasteiger charge is 2.16. The predicted molar refractivity (Wildman–Crippen MR) is 125 cm³/mol. The van der Waals surface area contributed by atoms with Crippen molar-refractivity contribution in [1.29, 1.82) is 0 Å². The van der Waals surface area contributed by atoms with E-state index in [0.29, 0.717) is 10.8 Å². The van der Waals surface area contributed by atoms with Gasteiger partial charge in [-0.25, -0.2) is 9.37 Å². The molecule has 7 heteroatoms. The fourth-order valence-electron chi connectivity index (χ4n) is 3.20. The summed E-state index contributed by atoms with van der Waals surface area (Å²) in [5, 5.41) is 5.17. The fraction of sp³-hybridized carbons (Fsp3) is 0.167. The predicted octanol–water partition coefficient (Wildman–Crippen LogP) is 6.46. The zero-order chi connectivity index (χ0) is 21.8. The minimum absolute atomic E-state index is 0.254. The fourth-order valence-corrected chi connectivity index (χ4v) is 4.15. The average Bonchev–Trinajstić information content (AvgIpc) is 3.08. The van der Waals surface area contributed by atoms with E-state index in [-0.39, 0.29) is 12.4 Å². The van der Waals surface area contributed by atoms with Crippen LogP contribution in [0, 0.1) is 19.7 Å². The standard InChI is InChI=1S/C24H21ClFN3OS/c1-16-11-12-29-23(13-16)27-17(2)24(29)22(15-31-21-9-5-19(25)6-10-21)28-30-14-18-3-7-20(26)8-4-18/h3-13H,14-15H2,1-2H3. The van der Waals surface area contributed by atoms with Crippen molar-refractivity contribution < 1.29 is 9.23 Å². The Kier molecular flexibility index (Phi) is 6.59. The van der Waals surface area contributed by atoms with Gasteiger partial charge < -0.3 is 4.84 Å². The summed E-state index contributed by atoms with van der Waals surface area (Å²) < 4.78 is 15.2. The molecule has 0 saturated heterocycles. The Morgan fingerprint density at radius 1 is 1.10 bits per heavy atom. The summed E-state index contributed by atoms with van der Waals surface area (Å²) in [5.74, 6) is 0.317. The molecule has 0 aliphatic carbocycles. The molecule has 0 N–H and O–H groups in total. The lowest BCUT2D eigenvalue weighted by Gasteiger charge is -2.09. The molecule has 0 aliphatic heterocycles. The third kappa shape index (κ3) is 5.27. The van der Waals surface area contributed by atoms with Gasteiger partial charge in [0.2, 0.25) is 0 Å². The Bertz CT molecular complexity index is 1220. The third-order valence-electron chi connectivity index (χ3n) is 4.74. The van der Waals surface area contributed by atoms with Gasteiger partial charge in [0.1, 0.15) is 23.8 Å². The van der Waals surface area contributed by atoms with Gasteiger partial charge in [0.15, 0.2) is 0 Å². The number of hydrogen-bond donors (Lipinski definition) is 0. The largest absolute Gasteiger partial charge is 0.391 e. The van der Waals surface area contributed by atoms with Crippen molar-refractivity contribution in [3.63, 3.8) is 0 Å². The van der Waals surface area contributed by atoms with Crippen LogP contribution in [0.2, 0.25) is 5.02 Å². The average molecular weight is 454 g/mol. The Morgan fingerprint density at radius 2 is 1.84 bits per heavy atom. The maximum atomic E-state index is 13.1. The molecule has 0 aliphatic rings. The minimum Gasteiger partial charge on any atom is -0.391 e. The zero-order valence-corrected chi connectivity index (χ0v) is 18.8. The lowest BCUT2D eigenvalue weighted by atomic mass is 10.2. The van der Waals surface area contributed by atoms with E-state index >= 15 is 0 Å². The summed E-state index contributed by atoms with van der Waals surface area (Å²) in [4.78, 5) is 11.4. The number of imidazole rings is 1. The quantitative estimate of drug-likeness (QED) is 0.183. The van der Waals surface area contributed by atoms with Crippen LogP contribution >= 0.6 is 23.4 Å². The Balaban J connectivity index is 1.62. The van der Waals surface area contributed by atoms with E-state index in [2.05, 4.69) is 5.16 Å². The number of hydrogen-bond acceptors (Lipinski definition) is 4. The second-order valence-electron chi connectivity index (χ2n) is 7.16. The molecule has 4 aromatic rings. The number of benzene rings is 2. The van der Waals surface area contributed by atoms with Crippen molar-refractivity contribution in [2.24, 2.45) is 5.16 Å². The summed E-state index contributed by atoms with van der Waals surface area (Å²) in [5.41, 5.74) is 5.43. The number of fused-ring (bicyclic) bond motifs is 1. The van der Waals surface area contributed by atoms with Crippen molar-refractivity contribution in [2.75, 3.05) is 5.75 Å². The van der Waals surface area contributed by atoms with Crippen LogP contribution < -0.4 is 0 Å². The van der Waals surface area contributed by atoms with Crippen LogP contribution in [0.5, 0.6) is 0 Å². The van der Waals surface area contributed by atoms with Crippen LogP contribution in [0.15, 0.2) is 76.9 Å². The number of oxime groups is 1. The van der Waals surface area contributed by atoms with Crippen molar-refractivity contribution >= 4 is 34.7 Å². The molecule has 4 nitrogen and oxygen atoms in total. The first-order chi connectivity index (χ1) is 15.0. The van der Waals surface area contributed by atoms with Gasteiger partial charge in [0.25, 0.3) is 0 Å². The summed E-state index contributed by atoms with van der Waals surface area (Å²) in [7, 11) is 0. The number of halogens is 2. The molecule has 158 valence electrons. The summed E-state index contributed by atoms with van der Waals surface area (Å²) in [6, 6.07) is 18.0. The van der Waals surface area contributed by atoms with Gasteiger partial charge in [0, 0.05) is 21.9 Å². The van der Waals surface area contributed by atoms with Crippen LogP contribution in [0.4, 0.5) is 4.39 Å². The van der Waals surface area contributed by atoms with Gasteiger partial charge in [-0.05, 0) is 73.5 Å². The molecule has 31 heavy (non-hydrogen) atoms. The monoisotopic (exact) mass is 453 g/mol. The first kappa shape index (κ1) is 21.4. The number of aromatic nitrogens is 2. The van der Waals surface area contributed by atoms with Gasteiger partial charge in [0.05, 0.1) is 11.4 Å². The van der Waals surface area contributed by atoms with Gasteiger partial charge in [-0.2, -0.15) is 0 Å². The number of rotatable bonds is 7. The molecule has 0 bridgehead atoms. The normalized spacial score (nSPS) is 11.8. The molecule has 0 amide bonds. The molecule has 0 saturated carbocycles. The van der Waals surface area contributed by atoms with Crippen molar-refractivity contribution in [2.45, 2.75) is 25.3 Å². The van der Waals surface area contributed by atoms with Crippen LogP contribution in [0.3, 0.4) is 0 Å². The lowest BCUT2D eigenvalue weighted by Crippen LogP contribution is -2.11. The van der Waals surface area contributed by atoms with Crippen molar-refractivity contribution in [3.8, 4) is 0 Å². The molecule has 0 spiro atoms. The lowest BCUT2D eigenvalue weighted by molar-refractivity contribution is 0.130. The van der Waals surface area contributed by atoms with E-state index in [1.807, 2.05) is 60.8 Å². The summed E-state index contributed by atoms with van der Waals surface area (Å²) in [6.45, 7) is 4.27. The summed E-state index contributed by atoms with van der Waals surface area (Å²) >= 11 is 7.65. The van der Waals surface area contributed by atoms with Gasteiger partial charge in [-0.1, -0.05) is 28.9 Å². The molecule has 0 fully saturated rings. The highest BCUT2D eigenvalue weighted by atomic mass is 35.5. The SMILES string of the molecule is Cc1ccn2c(C(CSc3ccc(Cl)cc3)=NOCc3ccc(F)cc3)c(C)nc2c1. The highest BCUT2D eigenvalue weighted by molar-refractivity contribution is 8.00. The van der Waals surface area contributed by atoms with E-state index < -0.39 is 0 Å². The zero-order valence-electron chi connectivity index (χ0n) is 17.2. The molecule has 0 atom stereocenters. The highest BCUT2D eigenvalue weighted by Crippen LogP contribution is 2.23. The minimum atomic E-state index is -0.274. The topological polar surface area (TPSA) is 38.9 Å². The van der Waals surface area contributed by atoms with E-state index in [1.165, 1.54) is 12.1 Å². The first-order valence-corrected chi connectivity index (χ1v) is 11.1. The number of nitrogens with zero attached hydrogens (tertiary/aromatic N) is 3. The van der Waals surface area contributed by atoms with Crippen LogP contribution in [0.25, 0.3) is 5.65 Å². The maximum Gasteiger partial charge on any atom is 0.142 e. The Morgan fingerprint density at radius 3 is 2.58 bits per heavy atom. The molecule has 0 radical (unpaired) electrons. The first-order valence-electron chi connectivity index (χ1n) is 9.77. The van der Waals surface area contributed by atoms with Crippen molar-refractivity contribution in [1.82, 2.24) is 9.38 Å². The smallest absolute Gasteiger partial charge is 0.142 e. The van der Waals surface area contributed by atoms with Crippen molar-refractivity contribution in [3.05, 3.63) is 100 Å². The van der Waals surface area contributed by atoms with Gasteiger partial charge in [-0.3, -0.25) is 4.40 Å². The number of pyridine rings is 1. The number of thioether (sulfide) groups is 1. The van der Waals surface area contributed by atoms with Gasteiger partial charge in [-0.15, -0.1) is 11.8 Å².